The van der Waals surface area contributed by atoms with E-state index in [9.17, 15) is 4.39 Å². The van der Waals surface area contributed by atoms with Gasteiger partial charge < -0.3 is 5.73 Å². The molecule has 0 saturated carbocycles. The summed E-state index contributed by atoms with van der Waals surface area (Å²) in [4.78, 5) is 1.08. The van der Waals surface area contributed by atoms with Gasteiger partial charge in [0.25, 0.3) is 0 Å². The molecule has 0 saturated heterocycles. The number of thioether (sulfide) groups is 1. The number of hydrogen-bond donors (Lipinski definition) is 1. The molecule has 0 bridgehead atoms. The zero-order valence-corrected chi connectivity index (χ0v) is 9.57. The van der Waals surface area contributed by atoms with Crippen LogP contribution >= 0.6 is 11.8 Å². The molecule has 0 aromatic heterocycles. The highest BCUT2D eigenvalue weighted by Crippen LogP contribution is 2.30. The molecule has 78 valence electrons. The lowest BCUT2D eigenvalue weighted by Crippen LogP contribution is -2.07. The fourth-order valence-corrected chi connectivity index (χ4v) is 2.27. The van der Waals surface area contributed by atoms with Crippen LogP contribution in [0.15, 0.2) is 23.1 Å². The molecule has 0 amide bonds. The molecule has 1 nitrogen and oxygen atoms in total. The molecule has 0 heterocycles. The Kier molecular flexibility index (Phi) is 3.96. The Hall–Kier alpha value is -0.540. The molecule has 1 aromatic carbocycles. The third-order valence-corrected chi connectivity index (χ3v) is 2.92. The summed E-state index contributed by atoms with van der Waals surface area (Å²) in [6, 6.07) is 4.69. The average molecular weight is 213 g/mol. The zero-order valence-electron chi connectivity index (χ0n) is 8.75. The van der Waals surface area contributed by atoms with Crippen molar-refractivity contribution in [2.45, 2.75) is 37.0 Å². The molecule has 0 fully saturated rings. The van der Waals surface area contributed by atoms with Gasteiger partial charge in [0, 0.05) is 16.2 Å². The minimum atomic E-state index is -0.217. The van der Waals surface area contributed by atoms with E-state index < -0.39 is 0 Å². The van der Waals surface area contributed by atoms with E-state index in [2.05, 4.69) is 13.8 Å². The van der Waals surface area contributed by atoms with E-state index >= 15 is 0 Å². The first-order valence-electron chi connectivity index (χ1n) is 4.72. The second kappa shape index (κ2) is 4.80. The van der Waals surface area contributed by atoms with E-state index in [0.29, 0.717) is 5.25 Å². The smallest absolute Gasteiger partial charge is 0.123 e. The minimum absolute atomic E-state index is 0.119. The van der Waals surface area contributed by atoms with E-state index in [-0.39, 0.29) is 11.9 Å². The number of hydrogen-bond acceptors (Lipinski definition) is 2. The van der Waals surface area contributed by atoms with Gasteiger partial charge in [0.2, 0.25) is 0 Å². The van der Waals surface area contributed by atoms with E-state index in [1.165, 1.54) is 12.1 Å². The zero-order chi connectivity index (χ0) is 10.7. The summed E-state index contributed by atoms with van der Waals surface area (Å²) in [5.74, 6) is -0.217. The van der Waals surface area contributed by atoms with Crippen LogP contribution in [-0.2, 0) is 0 Å². The Morgan fingerprint density at radius 2 is 1.93 bits per heavy atom. The van der Waals surface area contributed by atoms with Crippen LogP contribution in [0, 0.1) is 5.82 Å². The molecule has 0 aliphatic rings. The summed E-state index contributed by atoms with van der Waals surface area (Å²) < 4.78 is 13.0. The summed E-state index contributed by atoms with van der Waals surface area (Å²) in [6.07, 6.45) is 0. The molecule has 3 heteroatoms. The quantitative estimate of drug-likeness (QED) is 0.779. The third kappa shape index (κ3) is 3.00. The van der Waals surface area contributed by atoms with Gasteiger partial charge in [-0.3, -0.25) is 0 Å². The molecule has 0 aliphatic heterocycles. The predicted octanol–water partition coefficient (Wildman–Crippen LogP) is 3.35. The maximum absolute atomic E-state index is 13.0. The lowest BCUT2D eigenvalue weighted by molar-refractivity contribution is 0.619. The fraction of sp³-hybridized carbons (Fsp3) is 0.455. The van der Waals surface area contributed by atoms with Crippen molar-refractivity contribution >= 4 is 11.8 Å². The highest BCUT2D eigenvalue weighted by atomic mass is 32.2. The molecule has 1 aromatic rings. The van der Waals surface area contributed by atoms with Crippen molar-refractivity contribution in [3.05, 3.63) is 29.6 Å². The second-order valence-electron chi connectivity index (χ2n) is 3.64. The Balaban J connectivity index is 3.02. The van der Waals surface area contributed by atoms with Crippen LogP contribution in [-0.4, -0.2) is 5.25 Å². The Labute approximate surface area is 88.9 Å². The largest absolute Gasteiger partial charge is 0.324 e. The number of rotatable bonds is 3. The summed E-state index contributed by atoms with van der Waals surface area (Å²) in [6.45, 7) is 6.09. The Bertz CT molecular complexity index is 310. The number of nitrogens with two attached hydrogens (primary N) is 1. The summed E-state index contributed by atoms with van der Waals surface area (Å²) in [5.41, 5.74) is 6.67. The Morgan fingerprint density at radius 1 is 1.29 bits per heavy atom. The van der Waals surface area contributed by atoms with E-state index in [4.69, 9.17) is 5.73 Å². The van der Waals surface area contributed by atoms with Crippen LogP contribution in [0.5, 0.6) is 0 Å². The van der Waals surface area contributed by atoms with Crippen LogP contribution in [0.2, 0.25) is 0 Å². The SMILES string of the molecule is CC(C)Sc1ccc(F)cc1[C@H](C)N. The normalized spacial score (nSPS) is 13.3. The lowest BCUT2D eigenvalue weighted by atomic mass is 10.1. The second-order valence-corrected chi connectivity index (χ2v) is 5.26. The van der Waals surface area contributed by atoms with Gasteiger partial charge in [0.05, 0.1) is 0 Å². The van der Waals surface area contributed by atoms with Gasteiger partial charge >= 0.3 is 0 Å². The van der Waals surface area contributed by atoms with Gasteiger partial charge in [0.1, 0.15) is 5.82 Å². The molecule has 0 aliphatic carbocycles. The standard InChI is InChI=1S/C11H16FNS/c1-7(2)14-11-5-4-9(12)6-10(11)8(3)13/h4-8H,13H2,1-3H3/t8-/m0/s1. The van der Waals surface area contributed by atoms with Gasteiger partial charge in [-0.1, -0.05) is 13.8 Å². The number of benzene rings is 1. The summed E-state index contributed by atoms with van der Waals surface area (Å²) in [5, 5.41) is 0.484. The Morgan fingerprint density at radius 3 is 2.43 bits per heavy atom. The first-order chi connectivity index (χ1) is 6.50. The summed E-state index contributed by atoms with van der Waals surface area (Å²) >= 11 is 1.72. The van der Waals surface area contributed by atoms with Crippen molar-refractivity contribution in [2.75, 3.05) is 0 Å². The lowest BCUT2D eigenvalue weighted by Gasteiger charge is -2.13. The van der Waals surface area contributed by atoms with Crippen molar-refractivity contribution in [3.8, 4) is 0 Å². The maximum Gasteiger partial charge on any atom is 0.123 e. The van der Waals surface area contributed by atoms with Gasteiger partial charge in [-0.2, -0.15) is 0 Å². The maximum atomic E-state index is 13.0. The van der Waals surface area contributed by atoms with Crippen LogP contribution in [0.25, 0.3) is 0 Å². The minimum Gasteiger partial charge on any atom is -0.324 e. The molecule has 1 atom stereocenters. The molecule has 0 radical (unpaired) electrons. The van der Waals surface area contributed by atoms with Crippen LogP contribution in [0.1, 0.15) is 32.4 Å². The highest BCUT2D eigenvalue weighted by Gasteiger charge is 2.09. The first kappa shape index (κ1) is 11.5. The predicted molar refractivity (Wildman–Crippen MR) is 60.0 cm³/mol. The van der Waals surface area contributed by atoms with Crippen molar-refractivity contribution in [3.63, 3.8) is 0 Å². The average Bonchev–Trinajstić information content (AvgIpc) is 2.07. The molecule has 0 spiro atoms. The summed E-state index contributed by atoms with van der Waals surface area (Å²) in [7, 11) is 0. The van der Waals surface area contributed by atoms with E-state index in [0.717, 1.165) is 10.5 Å². The number of halogens is 1. The molecular formula is C11H16FNS. The molecule has 2 N–H and O–H groups in total. The first-order valence-corrected chi connectivity index (χ1v) is 5.60. The topological polar surface area (TPSA) is 26.0 Å². The van der Waals surface area contributed by atoms with Gasteiger partial charge in [-0.15, -0.1) is 11.8 Å². The van der Waals surface area contributed by atoms with Gasteiger partial charge in [0.15, 0.2) is 0 Å². The van der Waals surface area contributed by atoms with Crippen LogP contribution in [0.3, 0.4) is 0 Å². The monoisotopic (exact) mass is 213 g/mol. The molecular weight excluding hydrogens is 197 g/mol. The molecule has 0 unspecified atom stereocenters. The van der Waals surface area contributed by atoms with Crippen molar-refractivity contribution in [2.24, 2.45) is 5.73 Å². The van der Waals surface area contributed by atoms with Crippen molar-refractivity contribution < 1.29 is 4.39 Å². The fourth-order valence-electron chi connectivity index (χ4n) is 1.24. The third-order valence-electron chi connectivity index (χ3n) is 1.83. The van der Waals surface area contributed by atoms with Crippen molar-refractivity contribution in [1.29, 1.82) is 0 Å². The molecule has 1 rings (SSSR count). The highest BCUT2D eigenvalue weighted by molar-refractivity contribution is 8.00. The van der Waals surface area contributed by atoms with Crippen LogP contribution < -0.4 is 5.73 Å². The van der Waals surface area contributed by atoms with Crippen molar-refractivity contribution in [1.82, 2.24) is 0 Å². The van der Waals surface area contributed by atoms with Gasteiger partial charge in [-0.25, -0.2) is 4.39 Å². The van der Waals surface area contributed by atoms with Crippen LogP contribution in [0.4, 0.5) is 4.39 Å². The van der Waals surface area contributed by atoms with Gasteiger partial charge in [-0.05, 0) is 30.7 Å². The molecule has 14 heavy (non-hydrogen) atoms. The van der Waals surface area contributed by atoms with E-state index in [1.807, 2.05) is 6.92 Å². The van der Waals surface area contributed by atoms with E-state index in [1.54, 1.807) is 17.8 Å².